The SMILES string of the molecule is COc1cccc2c(=O)c3ccc(F)cc3oc12. The molecule has 0 saturated carbocycles. The van der Waals surface area contributed by atoms with Crippen molar-refractivity contribution < 1.29 is 13.5 Å². The van der Waals surface area contributed by atoms with Gasteiger partial charge in [-0.25, -0.2) is 4.39 Å². The van der Waals surface area contributed by atoms with Crippen molar-refractivity contribution in [3.8, 4) is 5.75 Å². The van der Waals surface area contributed by atoms with Gasteiger partial charge in [-0.05, 0) is 24.3 Å². The van der Waals surface area contributed by atoms with E-state index >= 15 is 0 Å². The molecule has 0 aliphatic carbocycles. The Morgan fingerprint density at radius 3 is 2.78 bits per heavy atom. The van der Waals surface area contributed by atoms with E-state index < -0.39 is 5.82 Å². The summed E-state index contributed by atoms with van der Waals surface area (Å²) in [4.78, 5) is 12.2. The summed E-state index contributed by atoms with van der Waals surface area (Å²) in [6.07, 6.45) is 0. The normalized spacial score (nSPS) is 11.0. The average molecular weight is 244 g/mol. The number of ether oxygens (including phenoxy) is 1. The Morgan fingerprint density at radius 2 is 2.00 bits per heavy atom. The van der Waals surface area contributed by atoms with Crippen molar-refractivity contribution in [3.05, 3.63) is 52.4 Å². The third-order valence-electron chi connectivity index (χ3n) is 2.84. The molecule has 0 aliphatic rings. The van der Waals surface area contributed by atoms with Crippen LogP contribution in [0.3, 0.4) is 0 Å². The second kappa shape index (κ2) is 3.84. The van der Waals surface area contributed by atoms with Gasteiger partial charge in [0.05, 0.1) is 17.9 Å². The summed E-state index contributed by atoms with van der Waals surface area (Å²) < 4.78 is 23.9. The molecule has 3 rings (SSSR count). The molecule has 2 aromatic carbocycles. The van der Waals surface area contributed by atoms with Crippen LogP contribution >= 0.6 is 0 Å². The Morgan fingerprint density at radius 1 is 1.17 bits per heavy atom. The van der Waals surface area contributed by atoms with Crippen molar-refractivity contribution in [2.75, 3.05) is 7.11 Å². The Kier molecular flexibility index (Phi) is 2.30. The number of benzene rings is 2. The Hall–Kier alpha value is -2.36. The quantitative estimate of drug-likeness (QED) is 0.617. The molecule has 0 N–H and O–H groups in total. The molecule has 0 bridgehead atoms. The minimum atomic E-state index is -0.445. The van der Waals surface area contributed by atoms with Crippen LogP contribution in [-0.4, -0.2) is 7.11 Å². The van der Waals surface area contributed by atoms with E-state index in [1.807, 2.05) is 0 Å². The first kappa shape index (κ1) is 10.8. The highest BCUT2D eigenvalue weighted by molar-refractivity contribution is 5.92. The van der Waals surface area contributed by atoms with E-state index in [4.69, 9.17) is 9.15 Å². The van der Waals surface area contributed by atoms with Gasteiger partial charge in [-0.1, -0.05) is 6.07 Å². The topological polar surface area (TPSA) is 39.4 Å². The predicted molar refractivity (Wildman–Crippen MR) is 66.5 cm³/mol. The Labute approximate surface area is 101 Å². The summed E-state index contributed by atoms with van der Waals surface area (Å²) in [5.74, 6) is 0.00987. The number of halogens is 1. The number of hydrogen-bond acceptors (Lipinski definition) is 3. The molecule has 0 saturated heterocycles. The maximum atomic E-state index is 13.2. The molecule has 0 spiro atoms. The van der Waals surface area contributed by atoms with Crippen LogP contribution in [-0.2, 0) is 0 Å². The van der Waals surface area contributed by atoms with E-state index in [0.717, 1.165) is 0 Å². The zero-order chi connectivity index (χ0) is 12.7. The third-order valence-corrected chi connectivity index (χ3v) is 2.84. The minimum absolute atomic E-state index is 0.190. The van der Waals surface area contributed by atoms with Gasteiger partial charge in [-0.3, -0.25) is 4.79 Å². The van der Waals surface area contributed by atoms with Crippen LogP contribution in [0.5, 0.6) is 5.75 Å². The molecule has 0 fully saturated rings. The second-order valence-electron chi connectivity index (χ2n) is 3.91. The molecule has 0 unspecified atom stereocenters. The fourth-order valence-electron chi connectivity index (χ4n) is 1.98. The first-order valence-electron chi connectivity index (χ1n) is 5.40. The molecular weight excluding hydrogens is 235 g/mol. The summed E-state index contributed by atoms with van der Waals surface area (Å²) in [7, 11) is 1.49. The molecule has 3 aromatic rings. The summed E-state index contributed by atoms with van der Waals surface area (Å²) >= 11 is 0. The summed E-state index contributed by atoms with van der Waals surface area (Å²) in [6.45, 7) is 0. The maximum absolute atomic E-state index is 13.2. The number of methoxy groups -OCH3 is 1. The third kappa shape index (κ3) is 1.46. The summed E-state index contributed by atoms with van der Waals surface area (Å²) in [5.41, 5.74) is 0.366. The Bertz CT molecular complexity index is 805. The number of rotatable bonds is 1. The monoisotopic (exact) mass is 244 g/mol. The van der Waals surface area contributed by atoms with Crippen LogP contribution in [0.2, 0.25) is 0 Å². The summed E-state index contributed by atoms with van der Waals surface area (Å²) in [6, 6.07) is 8.93. The lowest BCUT2D eigenvalue weighted by Crippen LogP contribution is -2.02. The number of fused-ring (bicyclic) bond motifs is 2. The van der Waals surface area contributed by atoms with Gasteiger partial charge in [0, 0.05) is 6.07 Å². The molecule has 3 nitrogen and oxygen atoms in total. The smallest absolute Gasteiger partial charge is 0.200 e. The van der Waals surface area contributed by atoms with Gasteiger partial charge in [0.2, 0.25) is 5.43 Å². The highest BCUT2D eigenvalue weighted by Crippen LogP contribution is 2.26. The van der Waals surface area contributed by atoms with Gasteiger partial charge in [-0.15, -0.1) is 0 Å². The van der Waals surface area contributed by atoms with Gasteiger partial charge in [0.25, 0.3) is 0 Å². The largest absolute Gasteiger partial charge is 0.493 e. The molecule has 0 radical (unpaired) electrons. The zero-order valence-corrected chi connectivity index (χ0v) is 9.57. The molecule has 90 valence electrons. The minimum Gasteiger partial charge on any atom is -0.493 e. The van der Waals surface area contributed by atoms with Crippen molar-refractivity contribution in [1.29, 1.82) is 0 Å². The van der Waals surface area contributed by atoms with Crippen LogP contribution < -0.4 is 10.2 Å². The van der Waals surface area contributed by atoms with Crippen molar-refractivity contribution in [2.45, 2.75) is 0 Å². The summed E-state index contributed by atoms with van der Waals surface area (Å²) in [5, 5.41) is 0.783. The van der Waals surface area contributed by atoms with E-state index in [1.54, 1.807) is 18.2 Å². The van der Waals surface area contributed by atoms with Crippen LogP contribution in [0, 0.1) is 5.82 Å². The molecule has 0 aliphatic heterocycles. The van der Waals surface area contributed by atoms with E-state index in [0.29, 0.717) is 22.1 Å². The Balaban J connectivity index is 2.56. The van der Waals surface area contributed by atoms with E-state index in [9.17, 15) is 9.18 Å². The molecule has 0 atom stereocenters. The first-order chi connectivity index (χ1) is 8.70. The highest BCUT2D eigenvalue weighted by Gasteiger charge is 2.11. The zero-order valence-electron chi connectivity index (χ0n) is 9.57. The molecule has 18 heavy (non-hydrogen) atoms. The number of para-hydroxylation sites is 1. The maximum Gasteiger partial charge on any atom is 0.200 e. The molecular formula is C14H9FO3. The van der Waals surface area contributed by atoms with Crippen molar-refractivity contribution in [3.63, 3.8) is 0 Å². The molecule has 4 heteroatoms. The van der Waals surface area contributed by atoms with Crippen molar-refractivity contribution >= 4 is 21.9 Å². The van der Waals surface area contributed by atoms with Crippen molar-refractivity contribution in [2.24, 2.45) is 0 Å². The molecule has 1 heterocycles. The van der Waals surface area contributed by atoms with E-state index in [1.165, 1.54) is 25.3 Å². The van der Waals surface area contributed by atoms with Crippen molar-refractivity contribution in [1.82, 2.24) is 0 Å². The van der Waals surface area contributed by atoms with Gasteiger partial charge >= 0.3 is 0 Å². The lowest BCUT2D eigenvalue weighted by atomic mass is 10.1. The van der Waals surface area contributed by atoms with Crippen LogP contribution in [0.1, 0.15) is 0 Å². The lowest BCUT2D eigenvalue weighted by Gasteiger charge is -2.05. The predicted octanol–water partition coefficient (Wildman–Crippen LogP) is 3.09. The molecule has 1 aromatic heterocycles. The average Bonchev–Trinajstić information content (AvgIpc) is 2.38. The standard InChI is InChI=1S/C14H9FO3/c1-17-11-4-2-3-10-13(16)9-6-5-8(15)7-12(9)18-14(10)11/h2-7H,1H3. The van der Waals surface area contributed by atoms with Crippen LogP contribution in [0.4, 0.5) is 4.39 Å². The van der Waals surface area contributed by atoms with Gasteiger partial charge < -0.3 is 9.15 Å². The van der Waals surface area contributed by atoms with E-state index in [-0.39, 0.29) is 11.0 Å². The first-order valence-corrected chi connectivity index (χ1v) is 5.40. The van der Waals surface area contributed by atoms with Gasteiger partial charge in [0.15, 0.2) is 11.3 Å². The highest BCUT2D eigenvalue weighted by atomic mass is 19.1. The fraction of sp³-hybridized carbons (Fsp3) is 0.0714. The van der Waals surface area contributed by atoms with Crippen LogP contribution in [0.25, 0.3) is 21.9 Å². The lowest BCUT2D eigenvalue weighted by molar-refractivity contribution is 0.411. The second-order valence-corrected chi connectivity index (χ2v) is 3.91. The fourth-order valence-corrected chi connectivity index (χ4v) is 1.98. The molecule has 0 amide bonds. The number of hydrogen-bond donors (Lipinski definition) is 0. The van der Waals surface area contributed by atoms with E-state index in [2.05, 4.69) is 0 Å². The van der Waals surface area contributed by atoms with Gasteiger partial charge in [-0.2, -0.15) is 0 Å². The van der Waals surface area contributed by atoms with Crippen LogP contribution in [0.15, 0.2) is 45.6 Å². The van der Waals surface area contributed by atoms with Gasteiger partial charge in [0.1, 0.15) is 11.4 Å².